The number of nitrogens with zero attached hydrogens (tertiary/aromatic N) is 3. The Morgan fingerprint density at radius 2 is 2.04 bits per heavy atom. The van der Waals surface area contributed by atoms with E-state index in [1.807, 2.05) is 30.3 Å². The molecule has 3 aromatic rings. The van der Waals surface area contributed by atoms with Crippen molar-refractivity contribution >= 4 is 17.6 Å². The summed E-state index contributed by atoms with van der Waals surface area (Å²) in [6, 6.07) is 13.1. The van der Waals surface area contributed by atoms with Crippen LogP contribution in [0.25, 0.3) is 5.69 Å². The molecule has 2 heterocycles. The maximum Gasteiger partial charge on any atom is 0.361 e. The number of esters is 1. The maximum absolute atomic E-state index is 13.6. The van der Waals surface area contributed by atoms with Crippen molar-refractivity contribution in [1.29, 1.82) is 0 Å². The number of hydrogen-bond acceptors (Lipinski definition) is 5. The first-order valence-electron chi connectivity index (χ1n) is 7.87. The quantitative estimate of drug-likeness (QED) is 0.731. The van der Waals surface area contributed by atoms with Gasteiger partial charge in [-0.3, -0.25) is 4.79 Å². The Morgan fingerprint density at radius 1 is 1.23 bits per heavy atom. The van der Waals surface area contributed by atoms with Crippen LogP contribution in [0.1, 0.15) is 21.7 Å². The largest absolute Gasteiger partial charge is 0.456 e. The van der Waals surface area contributed by atoms with E-state index < -0.39 is 11.8 Å². The van der Waals surface area contributed by atoms with Crippen LogP contribution in [0.15, 0.2) is 48.5 Å². The zero-order valence-electron chi connectivity index (χ0n) is 13.5. The van der Waals surface area contributed by atoms with Crippen LogP contribution < -0.4 is 5.32 Å². The summed E-state index contributed by atoms with van der Waals surface area (Å²) in [5, 5.41) is 10.4. The lowest BCUT2D eigenvalue weighted by Crippen LogP contribution is -2.16. The zero-order chi connectivity index (χ0) is 18.1. The Labute approximate surface area is 147 Å². The van der Waals surface area contributed by atoms with Crippen LogP contribution in [0.2, 0.25) is 0 Å². The number of ether oxygens (including phenoxy) is 1. The minimum atomic E-state index is -0.692. The van der Waals surface area contributed by atoms with E-state index >= 15 is 0 Å². The Kier molecular flexibility index (Phi) is 3.92. The van der Waals surface area contributed by atoms with Gasteiger partial charge in [0.05, 0.1) is 23.5 Å². The third-order valence-corrected chi connectivity index (χ3v) is 3.96. The molecule has 130 valence electrons. The average Bonchev–Trinajstić information content (AvgIpc) is 2.99. The van der Waals surface area contributed by atoms with Crippen molar-refractivity contribution in [2.75, 3.05) is 5.32 Å². The maximum atomic E-state index is 13.6. The van der Waals surface area contributed by atoms with Gasteiger partial charge in [-0.05, 0) is 17.7 Å². The van der Waals surface area contributed by atoms with Crippen molar-refractivity contribution < 1.29 is 18.7 Å². The second kappa shape index (κ2) is 6.40. The lowest BCUT2D eigenvalue weighted by Gasteiger charge is -2.07. The third-order valence-electron chi connectivity index (χ3n) is 3.96. The highest BCUT2D eigenvalue weighted by Gasteiger charge is 2.28. The van der Waals surface area contributed by atoms with Gasteiger partial charge in [-0.2, -0.15) is 0 Å². The van der Waals surface area contributed by atoms with Gasteiger partial charge >= 0.3 is 5.97 Å². The van der Waals surface area contributed by atoms with Crippen LogP contribution in [0.3, 0.4) is 0 Å². The number of hydrogen-bond donors (Lipinski definition) is 1. The summed E-state index contributed by atoms with van der Waals surface area (Å²) in [5.74, 6) is -1.53. The number of carbonyl (C=O) groups is 2. The first-order chi connectivity index (χ1) is 12.6. The molecule has 0 aliphatic carbocycles. The molecule has 0 saturated carbocycles. The Hall–Kier alpha value is -3.55. The third kappa shape index (κ3) is 2.92. The Bertz CT molecular complexity index is 1000. The number of benzene rings is 2. The normalized spacial score (nSPS) is 12.6. The standard InChI is InChI=1S/C18H13FN4O3/c19-12-6-7-13-14(8-12)23-15(9-16(24)20-13)17(21-22-23)18(25)26-10-11-4-2-1-3-5-11/h1-8H,9-10H2,(H,20,24). The predicted molar refractivity (Wildman–Crippen MR) is 89.2 cm³/mol. The molecule has 0 saturated heterocycles. The minimum Gasteiger partial charge on any atom is -0.456 e. The first kappa shape index (κ1) is 15.9. The molecule has 7 nitrogen and oxygen atoms in total. The van der Waals surface area contributed by atoms with Crippen molar-refractivity contribution in [1.82, 2.24) is 15.0 Å². The van der Waals surface area contributed by atoms with E-state index in [1.54, 1.807) is 0 Å². The van der Waals surface area contributed by atoms with Gasteiger partial charge in [0.25, 0.3) is 0 Å². The Balaban J connectivity index is 1.66. The number of fused-ring (bicyclic) bond motifs is 3. The molecule has 2 aromatic carbocycles. The molecule has 0 atom stereocenters. The van der Waals surface area contributed by atoms with Crippen LogP contribution in [0.4, 0.5) is 10.1 Å². The van der Waals surface area contributed by atoms with Crippen molar-refractivity contribution in [3.8, 4) is 5.69 Å². The zero-order valence-corrected chi connectivity index (χ0v) is 13.5. The first-order valence-corrected chi connectivity index (χ1v) is 7.87. The predicted octanol–water partition coefficient (Wildman–Crippen LogP) is 2.26. The van der Waals surface area contributed by atoms with Gasteiger partial charge in [-0.15, -0.1) is 5.10 Å². The molecular weight excluding hydrogens is 339 g/mol. The van der Waals surface area contributed by atoms with E-state index in [9.17, 15) is 14.0 Å². The summed E-state index contributed by atoms with van der Waals surface area (Å²) < 4.78 is 20.2. The van der Waals surface area contributed by atoms with Crippen molar-refractivity contribution in [2.45, 2.75) is 13.0 Å². The van der Waals surface area contributed by atoms with Crippen LogP contribution >= 0.6 is 0 Å². The van der Waals surface area contributed by atoms with Gasteiger partial charge < -0.3 is 10.1 Å². The number of anilines is 1. The number of halogens is 1. The molecule has 0 unspecified atom stereocenters. The van der Waals surface area contributed by atoms with E-state index in [0.717, 1.165) is 5.56 Å². The van der Waals surface area contributed by atoms with Crippen LogP contribution in [0.5, 0.6) is 0 Å². The second-order valence-electron chi connectivity index (χ2n) is 5.74. The molecule has 0 bridgehead atoms. The number of nitrogens with one attached hydrogen (secondary N) is 1. The lowest BCUT2D eigenvalue weighted by molar-refractivity contribution is -0.115. The molecule has 4 rings (SSSR count). The fourth-order valence-corrected chi connectivity index (χ4v) is 2.74. The highest BCUT2D eigenvalue weighted by atomic mass is 19.1. The fraction of sp³-hybridized carbons (Fsp3) is 0.111. The molecular formula is C18H13FN4O3. The second-order valence-corrected chi connectivity index (χ2v) is 5.74. The van der Waals surface area contributed by atoms with Gasteiger partial charge in [-0.25, -0.2) is 13.9 Å². The number of carbonyl (C=O) groups excluding carboxylic acids is 2. The van der Waals surface area contributed by atoms with Crippen molar-refractivity contribution in [2.24, 2.45) is 0 Å². The Morgan fingerprint density at radius 3 is 2.85 bits per heavy atom. The molecule has 0 spiro atoms. The smallest absolute Gasteiger partial charge is 0.361 e. The molecule has 1 aliphatic heterocycles. The number of amides is 1. The van der Waals surface area contributed by atoms with Gasteiger partial charge in [0.2, 0.25) is 5.91 Å². The van der Waals surface area contributed by atoms with E-state index in [4.69, 9.17) is 4.74 Å². The van der Waals surface area contributed by atoms with Crippen LogP contribution in [0, 0.1) is 5.82 Å². The summed E-state index contributed by atoms with van der Waals surface area (Å²) in [7, 11) is 0. The molecule has 1 amide bonds. The number of rotatable bonds is 3. The highest BCUT2D eigenvalue weighted by molar-refractivity contribution is 5.98. The molecule has 1 aromatic heterocycles. The van der Waals surface area contributed by atoms with Gasteiger partial charge in [0.1, 0.15) is 12.4 Å². The molecule has 1 aliphatic rings. The van der Waals surface area contributed by atoms with Crippen LogP contribution in [-0.2, 0) is 22.6 Å². The molecule has 0 radical (unpaired) electrons. The van der Waals surface area contributed by atoms with E-state index in [-0.39, 0.29) is 30.3 Å². The van der Waals surface area contributed by atoms with Gasteiger partial charge in [0.15, 0.2) is 5.69 Å². The van der Waals surface area contributed by atoms with E-state index in [0.29, 0.717) is 11.4 Å². The molecule has 0 fully saturated rings. The average molecular weight is 352 g/mol. The summed E-state index contributed by atoms with van der Waals surface area (Å²) in [5.41, 5.74) is 1.71. The summed E-state index contributed by atoms with van der Waals surface area (Å²) in [4.78, 5) is 24.5. The van der Waals surface area contributed by atoms with Crippen LogP contribution in [-0.4, -0.2) is 26.9 Å². The topological polar surface area (TPSA) is 86.1 Å². The lowest BCUT2D eigenvalue weighted by atomic mass is 10.2. The van der Waals surface area contributed by atoms with Crippen molar-refractivity contribution in [3.63, 3.8) is 0 Å². The molecule has 8 heteroatoms. The molecule has 26 heavy (non-hydrogen) atoms. The van der Waals surface area contributed by atoms with E-state index in [1.165, 1.54) is 22.9 Å². The summed E-state index contributed by atoms with van der Waals surface area (Å²) in [6.07, 6.45) is -0.126. The summed E-state index contributed by atoms with van der Waals surface area (Å²) >= 11 is 0. The SMILES string of the molecule is O=C1Cc2c(C(=O)OCc3ccccc3)nnn2-c2cc(F)ccc2N1. The van der Waals surface area contributed by atoms with Gasteiger partial charge in [-0.1, -0.05) is 35.5 Å². The fourth-order valence-electron chi connectivity index (χ4n) is 2.74. The highest BCUT2D eigenvalue weighted by Crippen LogP contribution is 2.27. The van der Waals surface area contributed by atoms with Gasteiger partial charge in [0, 0.05) is 6.07 Å². The van der Waals surface area contributed by atoms with E-state index in [2.05, 4.69) is 15.6 Å². The van der Waals surface area contributed by atoms with Crippen molar-refractivity contribution in [3.05, 3.63) is 71.3 Å². The summed E-state index contributed by atoms with van der Waals surface area (Å²) in [6.45, 7) is 0.0728. The minimum absolute atomic E-state index is 0.0619. The number of aromatic nitrogens is 3. The monoisotopic (exact) mass is 352 g/mol. The molecule has 1 N–H and O–H groups in total.